The van der Waals surface area contributed by atoms with Crippen molar-refractivity contribution in [1.29, 1.82) is 0 Å². The van der Waals surface area contributed by atoms with E-state index in [4.69, 9.17) is 0 Å². The lowest BCUT2D eigenvalue weighted by Crippen LogP contribution is -2.46. The second-order valence-electron chi connectivity index (χ2n) is 8.09. The first kappa shape index (κ1) is 22.8. The van der Waals surface area contributed by atoms with E-state index in [1.807, 2.05) is 36.4 Å². The van der Waals surface area contributed by atoms with Gasteiger partial charge in [0.05, 0.1) is 16.8 Å². The van der Waals surface area contributed by atoms with Crippen LogP contribution in [0, 0.1) is 5.82 Å². The number of carbonyl (C=O) groups excluding carboxylic acids is 1. The molecule has 4 nitrogen and oxygen atoms in total. The lowest BCUT2D eigenvalue weighted by molar-refractivity contribution is -0.138. The van der Waals surface area contributed by atoms with Gasteiger partial charge in [0.25, 0.3) is 5.91 Å². The number of amides is 1. The van der Waals surface area contributed by atoms with Gasteiger partial charge in [-0.25, -0.2) is 4.39 Å². The molecule has 0 atom stereocenters. The fourth-order valence-electron chi connectivity index (χ4n) is 4.20. The Bertz CT molecular complexity index is 1130. The van der Waals surface area contributed by atoms with Gasteiger partial charge < -0.3 is 9.80 Å². The molecule has 172 valence electrons. The first-order valence-electron chi connectivity index (χ1n) is 10.6. The van der Waals surface area contributed by atoms with Crippen molar-refractivity contribution in [2.45, 2.75) is 25.1 Å². The Labute approximate surface area is 189 Å². The van der Waals surface area contributed by atoms with Crippen LogP contribution < -0.4 is 4.90 Å². The number of carbonyl (C=O) groups is 1. The Morgan fingerprint density at radius 2 is 1.79 bits per heavy atom. The van der Waals surface area contributed by atoms with Gasteiger partial charge in [-0.05, 0) is 55.3 Å². The largest absolute Gasteiger partial charge is 0.417 e. The first-order valence-corrected chi connectivity index (χ1v) is 10.6. The smallest absolute Gasteiger partial charge is 0.371 e. The second kappa shape index (κ2) is 9.21. The average Bonchev–Trinajstić information content (AvgIpc) is 2.83. The number of hydrogen-bond donors (Lipinski definition) is 0. The number of piperidine rings is 1. The normalized spacial score (nSPS) is 14.9. The fourth-order valence-corrected chi connectivity index (χ4v) is 4.20. The van der Waals surface area contributed by atoms with Crippen LogP contribution in [0.3, 0.4) is 0 Å². The van der Waals surface area contributed by atoms with Crippen molar-refractivity contribution >= 4 is 11.6 Å². The molecular formula is C25H23F4N3O. The van der Waals surface area contributed by atoms with Crippen LogP contribution in [0.5, 0.6) is 0 Å². The quantitative estimate of drug-likeness (QED) is 0.475. The maximum absolute atomic E-state index is 13.4. The van der Waals surface area contributed by atoms with Crippen molar-refractivity contribution < 1.29 is 22.4 Å². The van der Waals surface area contributed by atoms with Gasteiger partial charge in [-0.3, -0.25) is 9.78 Å². The van der Waals surface area contributed by atoms with Crippen molar-refractivity contribution in [2.75, 3.05) is 25.0 Å². The van der Waals surface area contributed by atoms with E-state index in [0.29, 0.717) is 32.0 Å². The molecule has 0 radical (unpaired) electrons. The summed E-state index contributed by atoms with van der Waals surface area (Å²) in [5, 5.41) is 0. The molecular weight excluding hydrogens is 434 g/mol. The van der Waals surface area contributed by atoms with Gasteiger partial charge in [0.15, 0.2) is 0 Å². The van der Waals surface area contributed by atoms with E-state index < -0.39 is 29.0 Å². The predicted octanol–water partition coefficient (Wildman–Crippen LogP) is 5.65. The van der Waals surface area contributed by atoms with Crippen LogP contribution in [0.4, 0.5) is 23.2 Å². The summed E-state index contributed by atoms with van der Waals surface area (Å²) < 4.78 is 53.4. The third-order valence-electron chi connectivity index (χ3n) is 6.02. The molecule has 1 saturated heterocycles. The number of halogens is 4. The number of hydrogen-bond acceptors (Lipinski definition) is 3. The molecule has 4 rings (SSSR count). The van der Waals surface area contributed by atoms with Gasteiger partial charge in [-0.15, -0.1) is 0 Å². The molecule has 0 bridgehead atoms. The predicted molar refractivity (Wildman–Crippen MR) is 118 cm³/mol. The van der Waals surface area contributed by atoms with E-state index in [-0.39, 0.29) is 6.04 Å². The Morgan fingerprint density at radius 3 is 2.45 bits per heavy atom. The number of anilines is 1. The summed E-state index contributed by atoms with van der Waals surface area (Å²) >= 11 is 0. The van der Waals surface area contributed by atoms with E-state index in [0.717, 1.165) is 29.1 Å². The Balaban J connectivity index is 1.45. The van der Waals surface area contributed by atoms with Crippen LogP contribution >= 0.6 is 0 Å². The standard InChI is InChI=1S/C25H23F4N3O/c1-31(24(33)21-9-8-18(26)16-22(21)25(27,28)29)19-10-13-32(14-11-19)20-6-4-5-17(15-20)23-7-2-3-12-30-23/h2-9,12,15-16,19H,10-11,13-14H2,1H3. The molecule has 3 aromatic rings. The minimum Gasteiger partial charge on any atom is -0.371 e. The minimum atomic E-state index is -4.81. The zero-order valence-electron chi connectivity index (χ0n) is 18.0. The van der Waals surface area contributed by atoms with Gasteiger partial charge >= 0.3 is 6.18 Å². The van der Waals surface area contributed by atoms with Crippen LogP contribution in [-0.2, 0) is 6.18 Å². The van der Waals surface area contributed by atoms with Gasteiger partial charge in [-0.2, -0.15) is 13.2 Å². The molecule has 0 spiro atoms. The molecule has 0 saturated carbocycles. The maximum Gasteiger partial charge on any atom is 0.417 e. The van der Waals surface area contributed by atoms with Gasteiger partial charge in [0, 0.05) is 43.6 Å². The highest BCUT2D eigenvalue weighted by Gasteiger charge is 2.37. The van der Waals surface area contributed by atoms with E-state index in [2.05, 4.69) is 16.0 Å². The van der Waals surface area contributed by atoms with Crippen molar-refractivity contribution in [3.05, 3.63) is 83.8 Å². The summed E-state index contributed by atoms with van der Waals surface area (Å²) in [5.74, 6) is -1.78. The SMILES string of the molecule is CN(C(=O)c1ccc(F)cc1C(F)(F)F)C1CCN(c2cccc(-c3ccccn3)c2)CC1. The Morgan fingerprint density at radius 1 is 1.03 bits per heavy atom. The zero-order chi connectivity index (χ0) is 23.6. The second-order valence-corrected chi connectivity index (χ2v) is 8.09. The van der Waals surface area contributed by atoms with Crippen LogP contribution in [0.1, 0.15) is 28.8 Å². The number of alkyl halides is 3. The monoisotopic (exact) mass is 457 g/mol. The third kappa shape index (κ3) is 4.99. The number of rotatable bonds is 4. The molecule has 1 aliphatic heterocycles. The van der Waals surface area contributed by atoms with Crippen molar-refractivity contribution in [3.8, 4) is 11.3 Å². The van der Waals surface area contributed by atoms with Gasteiger partial charge in [0.2, 0.25) is 0 Å². The van der Waals surface area contributed by atoms with Crippen LogP contribution in [0.15, 0.2) is 66.9 Å². The van der Waals surface area contributed by atoms with Crippen LogP contribution in [-0.4, -0.2) is 42.0 Å². The third-order valence-corrected chi connectivity index (χ3v) is 6.02. The molecule has 1 amide bonds. The van der Waals surface area contributed by atoms with Crippen LogP contribution in [0.25, 0.3) is 11.3 Å². The molecule has 33 heavy (non-hydrogen) atoms. The zero-order valence-corrected chi connectivity index (χ0v) is 18.0. The number of benzene rings is 2. The molecule has 1 aromatic heterocycles. The lowest BCUT2D eigenvalue weighted by Gasteiger charge is -2.38. The summed E-state index contributed by atoms with van der Waals surface area (Å²) in [4.78, 5) is 20.8. The first-order chi connectivity index (χ1) is 15.7. The molecule has 0 unspecified atom stereocenters. The fraction of sp³-hybridized carbons (Fsp3) is 0.280. The summed E-state index contributed by atoms with van der Waals surface area (Å²) in [5.41, 5.74) is 1.13. The van der Waals surface area contributed by atoms with Crippen molar-refractivity contribution in [2.24, 2.45) is 0 Å². The average molecular weight is 457 g/mol. The van der Waals surface area contributed by atoms with E-state index >= 15 is 0 Å². The molecule has 8 heteroatoms. The molecule has 0 N–H and O–H groups in total. The molecule has 1 fully saturated rings. The Kier molecular flexibility index (Phi) is 6.35. The summed E-state index contributed by atoms with van der Waals surface area (Å²) in [6.07, 6.45) is -1.85. The maximum atomic E-state index is 13.4. The van der Waals surface area contributed by atoms with E-state index in [1.165, 1.54) is 11.9 Å². The van der Waals surface area contributed by atoms with Crippen molar-refractivity contribution in [3.63, 3.8) is 0 Å². The topological polar surface area (TPSA) is 36.4 Å². The van der Waals surface area contributed by atoms with Crippen LogP contribution in [0.2, 0.25) is 0 Å². The van der Waals surface area contributed by atoms with Gasteiger partial charge in [-0.1, -0.05) is 18.2 Å². The highest BCUT2D eigenvalue weighted by Crippen LogP contribution is 2.34. The molecule has 2 aromatic carbocycles. The molecule has 2 heterocycles. The highest BCUT2D eigenvalue weighted by molar-refractivity contribution is 5.96. The minimum absolute atomic E-state index is 0.209. The number of aromatic nitrogens is 1. The summed E-state index contributed by atoms with van der Waals surface area (Å²) in [6.45, 7) is 1.31. The van der Waals surface area contributed by atoms with E-state index in [9.17, 15) is 22.4 Å². The summed E-state index contributed by atoms with van der Waals surface area (Å²) in [7, 11) is 1.51. The van der Waals surface area contributed by atoms with Gasteiger partial charge in [0.1, 0.15) is 5.82 Å². The summed E-state index contributed by atoms with van der Waals surface area (Å²) in [6, 6.07) is 15.7. The lowest BCUT2D eigenvalue weighted by atomic mass is 9.99. The Hall–Kier alpha value is -3.42. The highest BCUT2D eigenvalue weighted by atomic mass is 19.4. The van der Waals surface area contributed by atoms with Crippen molar-refractivity contribution in [1.82, 2.24) is 9.88 Å². The molecule has 0 aliphatic carbocycles. The number of nitrogens with zero attached hydrogens (tertiary/aromatic N) is 3. The van der Waals surface area contributed by atoms with E-state index in [1.54, 1.807) is 6.20 Å². The molecule has 1 aliphatic rings. The number of pyridine rings is 1.